The van der Waals surface area contributed by atoms with Crippen LogP contribution >= 0.6 is 0 Å². The zero-order valence-electron chi connectivity index (χ0n) is 7.53. The molecule has 0 radical (unpaired) electrons. The van der Waals surface area contributed by atoms with Crippen molar-refractivity contribution < 1.29 is 14.8 Å². The first-order chi connectivity index (χ1) is 7.09. The Morgan fingerprint density at radius 2 is 2.00 bits per heavy atom. The van der Waals surface area contributed by atoms with E-state index in [0.29, 0.717) is 5.69 Å². The number of aromatic carboxylic acids is 1. The maximum atomic E-state index is 10.5. The highest BCUT2D eigenvalue weighted by Gasteiger charge is 2.00. The number of carbonyl (C=O) groups is 1. The Bertz CT molecular complexity index is 399. The van der Waals surface area contributed by atoms with Gasteiger partial charge in [0.25, 0.3) is 0 Å². The van der Waals surface area contributed by atoms with E-state index in [0.717, 1.165) is 0 Å². The fourth-order valence-corrected chi connectivity index (χ4v) is 0.836. The van der Waals surface area contributed by atoms with Crippen LogP contribution in [-0.2, 0) is 0 Å². The quantitative estimate of drug-likeness (QED) is 0.462. The van der Waals surface area contributed by atoms with Gasteiger partial charge in [-0.3, -0.25) is 10.1 Å². The van der Waals surface area contributed by atoms with Crippen LogP contribution in [0.2, 0.25) is 0 Å². The molecule has 1 N–H and O–H groups in total. The predicted molar refractivity (Wildman–Crippen MR) is 49.8 cm³/mol. The van der Waals surface area contributed by atoms with Gasteiger partial charge in [0.1, 0.15) is 0 Å². The monoisotopic (exact) mass is 209 g/mol. The fraction of sp³-hybridized carbons (Fsp3) is 0.125. The summed E-state index contributed by atoms with van der Waals surface area (Å²) in [5, 5.41) is 25.3. The molecule has 0 saturated carbocycles. The van der Waals surface area contributed by atoms with E-state index in [1.807, 2.05) is 0 Å². The molecule has 0 unspecified atom stereocenters. The van der Waals surface area contributed by atoms with Crippen molar-refractivity contribution in [3.63, 3.8) is 0 Å². The van der Waals surface area contributed by atoms with Crippen molar-refractivity contribution >= 4 is 11.7 Å². The number of nitrogens with zero attached hydrogens (tertiary/aromatic N) is 3. The lowest BCUT2D eigenvalue weighted by molar-refractivity contribution is -0.478. The second-order valence-electron chi connectivity index (χ2n) is 2.57. The number of benzene rings is 1. The zero-order chi connectivity index (χ0) is 11.3. The van der Waals surface area contributed by atoms with Crippen LogP contribution in [-0.4, -0.2) is 22.7 Å². The molecule has 0 aliphatic heterocycles. The Morgan fingerprint density at radius 1 is 1.40 bits per heavy atom. The van der Waals surface area contributed by atoms with Crippen LogP contribution in [0.4, 0.5) is 5.69 Å². The summed E-state index contributed by atoms with van der Waals surface area (Å²) in [6, 6.07) is 5.55. The molecule has 0 heterocycles. The van der Waals surface area contributed by atoms with Crippen molar-refractivity contribution in [1.82, 2.24) is 0 Å². The number of rotatable bonds is 4. The van der Waals surface area contributed by atoms with E-state index in [1.165, 1.54) is 24.3 Å². The van der Waals surface area contributed by atoms with Gasteiger partial charge in [0.15, 0.2) is 0 Å². The van der Waals surface area contributed by atoms with E-state index >= 15 is 0 Å². The summed E-state index contributed by atoms with van der Waals surface area (Å²) in [4.78, 5) is 19.8. The van der Waals surface area contributed by atoms with E-state index in [2.05, 4.69) is 10.2 Å². The van der Waals surface area contributed by atoms with Gasteiger partial charge in [0.2, 0.25) is 0 Å². The summed E-state index contributed by atoms with van der Waals surface area (Å²) in [5.41, 5.74) is 0.505. The average molecular weight is 209 g/mol. The van der Waals surface area contributed by atoms with Crippen LogP contribution < -0.4 is 0 Å². The Hall–Kier alpha value is -2.31. The van der Waals surface area contributed by atoms with Gasteiger partial charge in [-0.15, -0.1) is 10.2 Å². The Kier molecular flexibility index (Phi) is 3.44. The van der Waals surface area contributed by atoms with E-state index in [-0.39, 0.29) is 5.56 Å². The topological polar surface area (TPSA) is 105 Å². The molecule has 15 heavy (non-hydrogen) atoms. The minimum atomic E-state index is -1.04. The lowest BCUT2D eigenvalue weighted by Gasteiger charge is -1.93. The van der Waals surface area contributed by atoms with E-state index in [1.54, 1.807) is 0 Å². The highest BCUT2D eigenvalue weighted by atomic mass is 16.6. The summed E-state index contributed by atoms with van der Waals surface area (Å²) < 4.78 is 0. The lowest BCUT2D eigenvalue weighted by atomic mass is 10.2. The van der Waals surface area contributed by atoms with Gasteiger partial charge in [-0.2, -0.15) is 0 Å². The molecule has 0 amide bonds. The second-order valence-corrected chi connectivity index (χ2v) is 2.57. The average Bonchev–Trinajstić information content (AvgIpc) is 2.18. The summed E-state index contributed by atoms with van der Waals surface area (Å²) in [7, 11) is 0. The van der Waals surface area contributed by atoms with Gasteiger partial charge in [0.05, 0.1) is 11.3 Å². The number of hydrogen-bond acceptors (Lipinski definition) is 5. The Labute approximate surface area is 84.2 Å². The number of carboxylic acids is 1. The van der Waals surface area contributed by atoms with E-state index in [9.17, 15) is 14.9 Å². The summed E-state index contributed by atoms with van der Waals surface area (Å²) in [6.45, 7) is -0.597. The molecule has 0 aliphatic carbocycles. The molecule has 0 bridgehead atoms. The minimum absolute atomic E-state index is 0.128. The van der Waals surface area contributed by atoms with Crippen LogP contribution in [0.1, 0.15) is 10.4 Å². The van der Waals surface area contributed by atoms with Gasteiger partial charge in [0, 0.05) is 4.92 Å². The highest BCUT2D eigenvalue weighted by molar-refractivity contribution is 5.87. The first-order valence-electron chi connectivity index (χ1n) is 3.92. The smallest absolute Gasteiger partial charge is 0.335 e. The molecule has 1 aromatic carbocycles. The first-order valence-corrected chi connectivity index (χ1v) is 3.92. The van der Waals surface area contributed by atoms with Crippen molar-refractivity contribution in [3.8, 4) is 0 Å². The van der Waals surface area contributed by atoms with Crippen molar-refractivity contribution in [3.05, 3.63) is 39.9 Å². The largest absolute Gasteiger partial charge is 0.478 e. The standard InChI is InChI=1S/C8H7N3O4/c12-8(13)6-1-3-7(4-2-6)10-9-5-11(14)15/h1-4H,5H2,(H,12,13)/b10-9+. The van der Waals surface area contributed by atoms with Crippen LogP contribution in [0, 0.1) is 10.1 Å². The number of nitro groups is 1. The summed E-state index contributed by atoms with van der Waals surface area (Å²) >= 11 is 0. The molecule has 0 fully saturated rings. The van der Waals surface area contributed by atoms with Crippen LogP contribution in [0.5, 0.6) is 0 Å². The molecule has 0 aliphatic rings. The second kappa shape index (κ2) is 4.80. The molecular formula is C8H7N3O4. The van der Waals surface area contributed by atoms with Gasteiger partial charge < -0.3 is 5.11 Å². The van der Waals surface area contributed by atoms with Crippen LogP contribution in [0.25, 0.3) is 0 Å². The van der Waals surface area contributed by atoms with Crippen molar-refractivity contribution in [1.29, 1.82) is 0 Å². The molecule has 1 aromatic rings. The van der Waals surface area contributed by atoms with Crippen molar-refractivity contribution in [2.24, 2.45) is 10.2 Å². The van der Waals surface area contributed by atoms with E-state index in [4.69, 9.17) is 5.11 Å². The molecule has 78 valence electrons. The Morgan fingerprint density at radius 3 is 2.47 bits per heavy atom. The van der Waals surface area contributed by atoms with Gasteiger partial charge >= 0.3 is 12.6 Å². The molecule has 7 heteroatoms. The zero-order valence-corrected chi connectivity index (χ0v) is 7.53. The molecule has 7 nitrogen and oxygen atoms in total. The maximum Gasteiger partial charge on any atom is 0.335 e. The lowest BCUT2D eigenvalue weighted by Crippen LogP contribution is -1.95. The third kappa shape index (κ3) is 3.51. The number of carboxylic acid groups (broad SMARTS) is 1. The molecule has 0 atom stereocenters. The minimum Gasteiger partial charge on any atom is -0.478 e. The SMILES string of the molecule is O=C(O)c1ccc(/N=N/C[N+](=O)[O-])cc1. The molecule has 0 spiro atoms. The maximum absolute atomic E-state index is 10.5. The highest BCUT2D eigenvalue weighted by Crippen LogP contribution is 2.13. The van der Waals surface area contributed by atoms with E-state index < -0.39 is 17.6 Å². The van der Waals surface area contributed by atoms with Gasteiger partial charge in [-0.1, -0.05) is 0 Å². The fourth-order valence-electron chi connectivity index (χ4n) is 0.836. The third-order valence-corrected chi connectivity index (χ3v) is 1.48. The number of hydrogen-bond donors (Lipinski definition) is 1. The molecular weight excluding hydrogens is 202 g/mol. The molecule has 0 saturated heterocycles. The van der Waals surface area contributed by atoms with Crippen molar-refractivity contribution in [2.75, 3.05) is 6.67 Å². The van der Waals surface area contributed by atoms with Gasteiger partial charge in [-0.05, 0) is 24.3 Å². The first kappa shape index (κ1) is 10.8. The number of azo groups is 1. The Balaban J connectivity index is 2.68. The van der Waals surface area contributed by atoms with Crippen LogP contribution in [0.3, 0.4) is 0 Å². The molecule has 0 aromatic heterocycles. The molecule has 1 rings (SSSR count). The third-order valence-electron chi connectivity index (χ3n) is 1.48. The van der Waals surface area contributed by atoms with Crippen LogP contribution in [0.15, 0.2) is 34.5 Å². The normalized spacial score (nSPS) is 10.4. The summed E-state index contributed by atoms with van der Waals surface area (Å²) in [6.07, 6.45) is 0. The van der Waals surface area contributed by atoms with Gasteiger partial charge in [-0.25, -0.2) is 4.79 Å². The predicted octanol–water partition coefficient (Wildman–Crippen LogP) is 1.70. The summed E-state index contributed by atoms with van der Waals surface area (Å²) in [5.74, 6) is -1.04. The van der Waals surface area contributed by atoms with Crippen molar-refractivity contribution in [2.45, 2.75) is 0 Å².